The van der Waals surface area contributed by atoms with Gasteiger partial charge in [-0.05, 0) is 19.3 Å². The largest absolute Gasteiger partial charge is 0.375 e. The van der Waals surface area contributed by atoms with Gasteiger partial charge >= 0.3 is 0 Å². The number of nitrogens with zero attached hydrogens (tertiary/aromatic N) is 2. The van der Waals surface area contributed by atoms with Crippen molar-refractivity contribution in [2.75, 3.05) is 39.3 Å². The summed E-state index contributed by atoms with van der Waals surface area (Å²) in [7, 11) is 0. The van der Waals surface area contributed by atoms with Gasteiger partial charge in [0.05, 0.1) is 19.3 Å². The lowest BCUT2D eigenvalue weighted by atomic mass is 10.1. The monoisotopic (exact) mass is 255 g/mol. The Morgan fingerprint density at radius 3 is 2.72 bits per heavy atom. The summed E-state index contributed by atoms with van der Waals surface area (Å²) in [4.78, 5) is 16.4. The summed E-state index contributed by atoms with van der Waals surface area (Å²) in [6, 6.07) is 0.323. The Morgan fingerprint density at radius 1 is 1.33 bits per heavy atom. The van der Waals surface area contributed by atoms with E-state index < -0.39 is 0 Å². The van der Waals surface area contributed by atoms with Crippen LogP contribution in [0.5, 0.6) is 0 Å². The smallest absolute Gasteiger partial charge is 0.236 e. The van der Waals surface area contributed by atoms with Crippen molar-refractivity contribution in [3.05, 3.63) is 0 Å². The van der Waals surface area contributed by atoms with Crippen molar-refractivity contribution in [2.24, 2.45) is 5.73 Å². The van der Waals surface area contributed by atoms with Gasteiger partial charge in [0.15, 0.2) is 0 Å². The van der Waals surface area contributed by atoms with Crippen LogP contribution in [0.25, 0.3) is 0 Å². The van der Waals surface area contributed by atoms with E-state index in [4.69, 9.17) is 10.5 Å². The summed E-state index contributed by atoms with van der Waals surface area (Å²) in [6.07, 6.45) is 3.21. The molecule has 0 aromatic rings. The fourth-order valence-electron chi connectivity index (χ4n) is 2.60. The number of likely N-dealkylation sites (tertiary alicyclic amines) is 1. The maximum absolute atomic E-state index is 12.2. The molecule has 0 spiro atoms. The van der Waals surface area contributed by atoms with E-state index >= 15 is 0 Å². The molecule has 104 valence electrons. The molecule has 0 aliphatic carbocycles. The van der Waals surface area contributed by atoms with Crippen molar-refractivity contribution in [2.45, 2.75) is 38.3 Å². The fraction of sp³-hybridized carbons (Fsp3) is 0.923. The van der Waals surface area contributed by atoms with Crippen LogP contribution >= 0.6 is 0 Å². The van der Waals surface area contributed by atoms with Crippen LogP contribution < -0.4 is 5.73 Å². The Labute approximate surface area is 109 Å². The van der Waals surface area contributed by atoms with Crippen molar-refractivity contribution in [3.63, 3.8) is 0 Å². The maximum Gasteiger partial charge on any atom is 0.236 e. The van der Waals surface area contributed by atoms with Crippen LogP contribution in [0.1, 0.15) is 26.2 Å². The third kappa shape index (κ3) is 3.67. The lowest BCUT2D eigenvalue weighted by Crippen LogP contribution is -2.50. The molecule has 1 unspecified atom stereocenters. The Morgan fingerprint density at radius 2 is 2.06 bits per heavy atom. The van der Waals surface area contributed by atoms with Gasteiger partial charge in [0, 0.05) is 32.2 Å². The first-order valence-corrected chi connectivity index (χ1v) is 7.06. The standard InChI is InChI=1S/C13H25N3O2/c1-2-12-9-16(7-8-18-12)13(17)10-15-5-3-11(14)4-6-15/h11-12H,2-10,14H2,1H3. The molecule has 2 saturated heterocycles. The number of rotatable bonds is 3. The second kappa shape index (κ2) is 6.50. The van der Waals surface area contributed by atoms with E-state index in [0.717, 1.165) is 45.4 Å². The van der Waals surface area contributed by atoms with E-state index in [0.29, 0.717) is 19.2 Å². The lowest BCUT2D eigenvalue weighted by molar-refractivity contribution is -0.140. The van der Waals surface area contributed by atoms with Crippen LogP contribution in [0.4, 0.5) is 0 Å². The quantitative estimate of drug-likeness (QED) is 0.774. The summed E-state index contributed by atoms with van der Waals surface area (Å²) in [6.45, 7) is 6.72. The molecule has 0 aromatic carbocycles. The first-order chi connectivity index (χ1) is 8.69. The Bertz CT molecular complexity index is 277. The first kappa shape index (κ1) is 13.8. The van der Waals surface area contributed by atoms with Gasteiger partial charge in [0.25, 0.3) is 0 Å². The Hall–Kier alpha value is -0.650. The third-order valence-corrected chi connectivity index (χ3v) is 3.94. The highest BCUT2D eigenvalue weighted by atomic mass is 16.5. The molecule has 2 aliphatic rings. The van der Waals surface area contributed by atoms with Gasteiger partial charge in [-0.3, -0.25) is 9.69 Å². The molecular formula is C13H25N3O2. The lowest BCUT2D eigenvalue weighted by Gasteiger charge is -2.35. The van der Waals surface area contributed by atoms with Crippen molar-refractivity contribution >= 4 is 5.91 Å². The highest BCUT2D eigenvalue weighted by Gasteiger charge is 2.25. The molecule has 2 fully saturated rings. The summed E-state index contributed by atoms with van der Waals surface area (Å²) < 4.78 is 5.59. The zero-order valence-corrected chi connectivity index (χ0v) is 11.3. The highest BCUT2D eigenvalue weighted by Crippen LogP contribution is 2.11. The number of hydrogen-bond donors (Lipinski definition) is 1. The highest BCUT2D eigenvalue weighted by molar-refractivity contribution is 5.78. The average molecular weight is 255 g/mol. The number of carbonyl (C=O) groups is 1. The van der Waals surface area contributed by atoms with E-state index in [1.165, 1.54) is 0 Å². The SMILES string of the molecule is CCC1CN(C(=O)CN2CCC(N)CC2)CCO1. The summed E-state index contributed by atoms with van der Waals surface area (Å²) in [5, 5.41) is 0. The number of ether oxygens (including phenoxy) is 1. The van der Waals surface area contributed by atoms with E-state index in [2.05, 4.69) is 11.8 Å². The van der Waals surface area contributed by atoms with Crippen LogP contribution in [0.2, 0.25) is 0 Å². The summed E-state index contributed by atoms with van der Waals surface area (Å²) in [5.41, 5.74) is 5.87. The first-order valence-electron chi connectivity index (χ1n) is 7.06. The zero-order chi connectivity index (χ0) is 13.0. The number of nitrogens with two attached hydrogens (primary N) is 1. The molecule has 5 heteroatoms. The molecule has 1 atom stereocenters. The Balaban J connectivity index is 1.77. The van der Waals surface area contributed by atoms with Crippen LogP contribution in [-0.2, 0) is 9.53 Å². The van der Waals surface area contributed by atoms with Gasteiger partial charge in [-0.2, -0.15) is 0 Å². The van der Waals surface area contributed by atoms with Gasteiger partial charge in [-0.1, -0.05) is 6.92 Å². The molecule has 2 N–H and O–H groups in total. The zero-order valence-electron chi connectivity index (χ0n) is 11.3. The second-order valence-corrected chi connectivity index (χ2v) is 5.35. The number of piperidine rings is 1. The number of hydrogen-bond acceptors (Lipinski definition) is 4. The number of morpholine rings is 1. The van der Waals surface area contributed by atoms with E-state index in [9.17, 15) is 4.79 Å². The van der Waals surface area contributed by atoms with E-state index in [1.807, 2.05) is 4.90 Å². The van der Waals surface area contributed by atoms with Gasteiger partial charge in [0.1, 0.15) is 0 Å². The normalized spacial score (nSPS) is 27.4. The molecule has 5 nitrogen and oxygen atoms in total. The molecule has 2 heterocycles. The van der Waals surface area contributed by atoms with Crippen molar-refractivity contribution in [1.29, 1.82) is 0 Å². The minimum atomic E-state index is 0.220. The van der Waals surface area contributed by atoms with Gasteiger partial charge in [0.2, 0.25) is 5.91 Å². The predicted molar refractivity (Wildman–Crippen MR) is 70.3 cm³/mol. The maximum atomic E-state index is 12.2. The number of amides is 1. The molecular weight excluding hydrogens is 230 g/mol. The molecule has 0 radical (unpaired) electrons. The van der Waals surface area contributed by atoms with Crippen LogP contribution in [0.3, 0.4) is 0 Å². The molecule has 2 rings (SSSR count). The molecule has 1 amide bonds. The van der Waals surface area contributed by atoms with E-state index in [-0.39, 0.29) is 12.0 Å². The molecule has 0 bridgehead atoms. The average Bonchev–Trinajstić information content (AvgIpc) is 2.41. The van der Waals surface area contributed by atoms with Gasteiger partial charge in [-0.25, -0.2) is 0 Å². The minimum Gasteiger partial charge on any atom is -0.375 e. The predicted octanol–water partition coefficient (Wildman–Crippen LogP) is 0.0469. The van der Waals surface area contributed by atoms with Crippen molar-refractivity contribution < 1.29 is 9.53 Å². The molecule has 18 heavy (non-hydrogen) atoms. The minimum absolute atomic E-state index is 0.220. The molecule has 0 saturated carbocycles. The third-order valence-electron chi connectivity index (χ3n) is 3.94. The van der Waals surface area contributed by atoms with Crippen molar-refractivity contribution in [1.82, 2.24) is 9.80 Å². The molecule has 0 aromatic heterocycles. The van der Waals surface area contributed by atoms with Gasteiger partial charge in [-0.15, -0.1) is 0 Å². The summed E-state index contributed by atoms with van der Waals surface area (Å²) in [5.74, 6) is 0.243. The Kier molecular flexibility index (Phi) is 4.97. The second-order valence-electron chi connectivity index (χ2n) is 5.35. The summed E-state index contributed by atoms with van der Waals surface area (Å²) >= 11 is 0. The number of carbonyl (C=O) groups excluding carboxylic acids is 1. The van der Waals surface area contributed by atoms with Crippen LogP contribution in [-0.4, -0.2) is 67.2 Å². The van der Waals surface area contributed by atoms with Crippen LogP contribution in [0.15, 0.2) is 0 Å². The van der Waals surface area contributed by atoms with Crippen LogP contribution in [0, 0.1) is 0 Å². The fourth-order valence-corrected chi connectivity index (χ4v) is 2.60. The van der Waals surface area contributed by atoms with Gasteiger partial charge < -0.3 is 15.4 Å². The van der Waals surface area contributed by atoms with E-state index in [1.54, 1.807) is 0 Å². The molecule has 2 aliphatic heterocycles. The topological polar surface area (TPSA) is 58.8 Å². The van der Waals surface area contributed by atoms with Crippen molar-refractivity contribution in [3.8, 4) is 0 Å².